The average Bonchev–Trinajstić information content (AvgIpc) is 3.24. The summed E-state index contributed by atoms with van der Waals surface area (Å²) in [4.78, 5) is 7.14. The van der Waals surface area contributed by atoms with Crippen LogP contribution < -0.4 is 5.32 Å². The lowest BCUT2D eigenvalue weighted by atomic mass is 9.95. The molecule has 1 N–H and O–H groups in total. The minimum Gasteiger partial charge on any atom is -0.310 e. The molecule has 2 heterocycles. The molecule has 1 saturated heterocycles. The van der Waals surface area contributed by atoms with E-state index in [1.54, 1.807) is 0 Å². The molecule has 2 unspecified atom stereocenters. The molecule has 0 aromatic carbocycles. The summed E-state index contributed by atoms with van der Waals surface area (Å²) in [6, 6.07) is 4.83. The van der Waals surface area contributed by atoms with Gasteiger partial charge in [-0.2, -0.15) is 0 Å². The van der Waals surface area contributed by atoms with E-state index in [2.05, 4.69) is 57.1 Å². The van der Waals surface area contributed by atoms with Gasteiger partial charge in [0.1, 0.15) is 0 Å². The first-order valence-corrected chi connectivity index (χ1v) is 8.46. The number of halogens is 1. The molecule has 1 aromatic heterocycles. The van der Waals surface area contributed by atoms with Gasteiger partial charge >= 0.3 is 0 Å². The van der Waals surface area contributed by atoms with Crippen molar-refractivity contribution in [1.82, 2.24) is 15.2 Å². The maximum atomic E-state index is 4.54. The molecule has 1 aromatic rings. The molecule has 3 rings (SSSR count). The Kier molecular flexibility index (Phi) is 4.16. The standard InChI is InChI=1S/C16H24BrN3/c1-12-7-8-19-16(2,13-3-4-13)11-20(12)10-15-6-5-14(17)9-18-15/h5-6,9,12-13,19H,3-4,7-8,10-11H2,1-2H3. The summed E-state index contributed by atoms with van der Waals surface area (Å²) in [5.41, 5.74) is 1.46. The topological polar surface area (TPSA) is 28.2 Å². The minimum atomic E-state index is 0.292. The van der Waals surface area contributed by atoms with Crippen LogP contribution in [0, 0.1) is 5.92 Å². The predicted octanol–water partition coefficient (Wildman–Crippen LogP) is 3.20. The van der Waals surface area contributed by atoms with Gasteiger partial charge in [0.05, 0.1) is 5.69 Å². The molecule has 20 heavy (non-hydrogen) atoms. The third kappa shape index (κ3) is 3.23. The molecule has 1 saturated carbocycles. The van der Waals surface area contributed by atoms with Crippen LogP contribution in [0.5, 0.6) is 0 Å². The van der Waals surface area contributed by atoms with Crippen molar-refractivity contribution in [2.24, 2.45) is 5.92 Å². The minimum absolute atomic E-state index is 0.292. The SMILES string of the molecule is CC1CCNC(C)(C2CC2)CN1Cc1ccc(Br)cn1. The fourth-order valence-electron chi connectivity index (χ4n) is 3.30. The van der Waals surface area contributed by atoms with Crippen LogP contribution in [-0.4, -0.2) is 34.6 Å². The van der Waals surface area contributed by atoms with Crippen molar-refractivity contribution in [1.29, 1.82) is 0 Å². The first-order chi connectivity index (χ1) is 9.57. The molecule has 2 aliphatic rings. The second-order valence-corrected chi connectivity index (χ2v) is 7.54. The lowest BCUT2D eigenvalue weighted by molar-refractivity contribution is 0.153. The summed E-state index contributed by atoms with van der Waals surface area (Å²) in [6.45, 7) is 7.98. The number of rotatable bonds is 3. The summed E-state index contributed by atoms with van der Waals surface area (Å²) in [7, 11) is 0. The zero-order chi connectivity index (χ0) is 14.2. The van der Waals surface area contributed by atoms with Crippen LogP contribution in [0.15, 0.2) is 22.8 Å². The molecule has 0 bridgehead atoms. The lowest BCUT2D eigenvalue weighted by Gasteiger charge is -2.35. The molecular weight excluding hydrogens is 314 g/mol. The molecule has 110 valence electrons. The van der Waals surface area contributed by atoms with Crippen molar-refractivity contribution < 1.29 is 0 Å². The molecule has 0 amide bonds. The summed E-state index contributed by atoms with van der Waals surface area (Å²) in [5, 5.41) is 3.81. The van der Waals surface area contributed by atoms with Gasteiger partial charge in [-0.1, -0.05) is 0 Å². The van der Waals surface area contributed by atoms with E-state index in [1.807, 2.05) is 6.20 Å². The Balaban J connectivity index is 1.73. The molecule has 4 heteroatoms. The van der Waals surface area contributed by atoms with Gasteiger partial charge in [-0.25, -0.2) is 0 Å². The summed E-state index contributed by atoms with van der Waals surface area (Å²) in [5.74, 6) is 0.869. The van der Waals surface area contributed by atoms with Crippen molar-refractivity contribution in [3.05, 3.63) is 28.5 Å². The van der Waals surface area contributed by atoms with Gasteiger partial charge in [0.25, 0.3) is 0 Å². The smallest absolute Gasteiger partial charge is 0.0544 e. The molecule has 2 fully saturated rings. The maximum absolute atomic E-state index is 4.54. The maximum Gasteiger partial charge on any atom is 0.0544 e. The van der Waals surface area contributed by atoms with Crippen LogP contribution in [-0.2, 0) is 6.54 Å². The van der Waals surface area contributed by atoms with E-state index in [-0.39, 0.29) is 0 Å². The van der Waals surface area contributed by atoms with Crippen molar-refractivity contribution in [2.75, 3.05) is 13.1 Å². The number of hydrogen-bond donors (Lipinski definition) is 1. The van der Waals surface area contributed by atoms with Crippen molar-refractivity contribution in [2.45, 2.75) is 51.2 Å². The predicted molar refractivity (Wildman–Crippen MR) is 85.6 cm³/mol. The molecule has 3 nitrogen and oxygen atoms in total. The van der Waals surface area contributed by atoms with E-state index in [0.29, 0.717) is 11.6 Å². The van der Waals surface area contributed by atoms with Crippen LogP contribution in [0.4, 0.5) is 0 Å². The van der Waals surface area contributed by atoms with Gasteiger partial charge in [-0.3, -0.25) is 9.88 Å². The fraction of sp³-hybridized carbons (Fsp3) is 0.688. The first-order valence-electron chi connectivity index (χ1n) is 7.66. The quantitative estimate of drug-likeness (QED) is 0.917. The van der Waals surface area contributed by atoms with Gasteiger partial charge in [-0.15, -0.1) is 0 Å². The van der Waals surface area contributed by atoms with Crippen LogP contribution in [0.2, 0.25) is 0 Å². The van der Waals surface area contributed by atoms with E-state index < -0.39 is 0 Å². The van der Waals surface area contributed by atoms with E-state index >= 15 is 0 Å². The highest BCUT2D eigenvalue weighted by atomic mass is 79.9. The number of nitrogens with one attached hydrogen (secondary N) is 1. The Morgan fingerprint density at radius 3 is 2.85 bits per heavy atom. The number of aromatic nitrogens is 1. The fourth-order valence-corrected chi connectivity index (χ4v) is 3.53. The first kappa shape index (κ1) is 14.5. The van der Waals surface area contributed by atoms with E-state index in [4.69, 9.17) is 0 Å². The van der Waals surface area contributed by atoms with Gasteiger partial charge in [0.15, 0.2) is 0 Å². The lowest BCUT2D eigenvalue weighted by Crippen LogP contribution is -2.51. The molecule has 1 aliphatic heterocycles. The monoisotopic (exact) mass is 337 g/mol. The van der Waals surface area contributed by atoms with E-state index in [1.165, 1.54) is 25.0 Å². The van der Waals surface area contributed by atoms with Crippen LogP contribution in [0.25, 0.3) is 0 Å². The van der Waals surface area contributed by atoms with Crippen LogP contribution in [0.1, 0.15) is 38.8 Å². The number of nitrogens with zero attached hydrogens (tertiary/aromatic N) is 2. The van der Waals surface area contributed by atoms with Crippen LogP contribution >= 0.6 is 15.9 Å². The third-order valence-electron chi connectivity index (χ3n) is 4.88. The Morgan fingerprint density at radius 2 is 2.20 bits per heavy atom. The Hall–Kier alpha value is -0.450. The zero-order valence-electron chi connectivity index (χ0n) is 12.4. The Morgan fingerprint density at radius 1 is 1.40 bits per heavy atom. The second kappa shape index (κ2) is 5.74. The molecule has 0 radical (unpaired) electrons. The second-order valence-electron chi connectivity index (χ2n) is 6.63. The van der Waals surface area contributed by atoms with Crippen molar-refractivity contribution in [3.8, 4) is 0 Å². The van der Waals surface area contributed by atoms with Crippen LogP contribution in [0.3, 0.4) is 0 Å². The van der Waals surface area contributed by atoms with Crippen molar-refractivity contribution >= 4 is 15.9 Å². The molecular formula is C16H24BrN3. The third-order valence-corrected chi connectivity index (χ3v) is 5.35. The zero-order valence-corrected chi connectivity index (χ0v) is 14.0. The Bertz CT molecular complexity index is 457. The summed E-state index contributed by atoms with van der Waals surface area (Å²) < 4.78 is 1.05. The number of hydrogen-bond acceptors (Lipinski definition) is 3. The van der Waals surface area contributed by atoms with Gasteiger partial charge in [0.2, 0.25) is 0 Å². The summed E-state index contributed by atoms with van der Waals surface area (Å²) in [6.07, 6.45) is 5.90. The van der Waals surface area contributed by atoms with Gasteiger partial charge in [0, 0.05) is 35.3 Å². The highest BCUT2D eigenvalue weighted by molar-refractivity contribution is 9.10. The average molecular weight is 338 g/mol. The molecule has 1 aliphatic carbocycles. The molecule has 0 spiro atoms. The van der Waals surface area contributed by atoms with Crippen molar-refractivity contribution in [3.63, 3.8) is 0 Å². The molecule has 2 atom stereocenters. The van der Waals surface area contributed by atoms with E-state index in [9.17, 15) is 0 Å². The highest BCUT2D eigenvalue weighted by Gasteiger charge is 2.43. The Labute approximate surface area is 130 Å². The summed E-state index contributed by atoms with van der Waals surface area (Å²) >= 11 is 3.45. The normalized spacial score (nSPS) is 32.0. The number of pyridine rings is 1. The highest BCUT2D eigenvalue weighted by Crippen LogP contribution is 2.41. The van der Waals surface area contributed by atoms with E-state index in [0.717, 1.165) is 30.0 Å². The van der Waals surface area contributed by atoms with Gasteiger partial charge < -0.3 is 5.32 Å². The van der Waals surface area contributed by atoms with Gasteiger partial charge in [-0.05, 0) is 73.6 Å². The largest absolute Gasteiger partial charge is 0.310 e.